The van der Waals surface area contributed by atoms with E-state index in [1.54, 1.807) is 30.0 Å². The number of carbonyl (C=O) groups excluding carboxylic acids is 1. The lowest BCUT2D eigenvalue weighted by Crippen LogP contribution is -2.58. The number of aryl methyl sites for hydroxylation is 1. The molecule has 2 atom stereocenters. The van der Waals surface area contributed by atoms with Gasteiger partial charge in [0, 0.05) is 37.8 Å². The van der Waals surface area contributed by atoms with E-state index in [0.29, 0.717) is 19.6 Å². The van der Waals surface area contributed by atoms with Gasteiger partial charge in [0.05, 0.1) is 4.92 Å². The van der Waals surface area contributed by atoms with Crippen LogP contribution in [0.1, 0.15) is 25.0 Å². The highest BCUT2D eigenvalue weighted by Gasteiger charge is 2.32. The molecule has 1 fully saturated rings. The molecular weight excluding hydrogens is 389 g/mol. The van der Waals surface area contributed by atoms with Gasteiger partial charge in [-0.3, -0.25) is 19.8 Å². The molecule has 3 rings (SSSR count). The normalized spacial score (nSPS) is 19.5. The van der Waals surface area contributed by atoms with Crippen LogP contribution >= 0.6 is 0 Å². The number of nitro groups is 1. The van der Waals surface area contributed by atoms with Crippen LogP contribution in [0, 0.1) is 22.9 Å². The first-order chi connectivity index (χ1) is 14.2. The van der Waals surface area contributed by atoms with Gasteiger partial charge in [-0.2, -0.15) is 0 Å². The molecule has 1 amide bonds. The lowest BCUT2D eigenvalue weighted by molar-refractivity contribution is -0.385. The van der Waals surface area contributed by atoms with Crippen LogP contribution in [0.4, 0.5) is 10.1 Å². The van der Waals surface area contributed by atoms with E-state index in [9.17, 15) is 19.3 Å². The first-order valence-electron chi connectivity index (χ1n) is 9.90. The molecule has 0 saturated carbocycles. The van der Waals surface area contributed by atoms with Crippen LogP contribution in [-0.2, 0) is 11.3 Å². The Morgan fingerprint density at radius 3 is 2.53 bits per heavy atom. The third-order valence-corrected chi connectivity index (χ3v) is 5.40. The van der Waals surface area contributed by atoms with Gasteiger partial charge in [-0.25, -0.2) is 4.39 Å². The molecule has 8 heteroatoms. The second-order valence-corrected chi connectivity index (χ2v) is 7.82. The number of amides is 1. The summed E-state index contributed by atoms with van der Waals surface area (Å²) in [7, 11) is 0. The molecule has 1 aliphatic rings. The SMILES string of the molecule is Cc1ccc(OCC(=O)N2C[C@H](C)N(Cc3ccc(F)cc3)C[C@H]2C)c([N+](=O)[O-])c1. The average molecular weight is 415 g/mol. The van der Waals surface area contributed by atoms with Crippen molar-refractivity contribution in [2.75, 3.05) is 19.7 Å². The number of nitrogens with zero attached hydrogens (tertiary/aromatic N) is 3. The smallest absolute Gasteiger partial charge is 0.311 e. The fourth-order valence-corrected chi connectivity index (χ4v) is 3.70. The maximum absolute atomic E-state index is 13.1. The minimum Gasteiger partial charge on any atom is -0.477 e. The van der Waals surface area contributed by atoms with Gasteiger partial charge >= 0.3 is 5.69 Å². The second kappa shape index (κ2) is 9.21. The van der Waals surface area contributed by atoms with Crippen molar-refractivity contribution < 1.29 is 18.8 Å². The topological polar surface area (TPSA) is 75.9 Å². The summed E-state index contributed by atoms with van der Waals surface area (Å²) in [6.07, 6.45) is 0. The van der Waals surface area contributed by atoms with Crippen molar-refractivity contribution in [3.63, 3.8) is 0 Å². The van der Waals surface area contributed by atoms with E-state index < -0.39 is 4.92 Å². The Balaban J connectivity index is 1.60. The van der Waals surface area contributed by atoms with Crippen LogP contribution in [0.25, 0.3) is 0 Å². The highest BCUT2D eigenvalue weighted by molar-refractivity contribution is 5.78. The van der Waals surface area contributed by atoms with Gasteiger partial charge in [-0.15, -0.1) is 0 Å². The number of rotatable bonds is 6. The summed E-state index contributed by atoms with van der Waals surface area (Å²) < 4.78 is 18.6. The van der Waals surface area contributed by atoms with Crippen LogP contribution in [0.3, 0.4) is 0 Å². The summed E-state index contributed by atoms with van der Waals surface area (Å²) in [5.41, 5.74) is 1.62. The van der Waals surface area contributed by atoms with Crippen LogP contribution in [0.2, 0.25) is 0 Å². The predicted molar refractivity (Wildman–Crippen MR) is 111 cm³/mol. The van der Waals surface area contributed by atoms with E-state index >= 15 is 0 Å². The molecule has 0 radical (unpaired) electrons. The van der Waals surface area contributed by atoms with E-state index in [-0.39, 0.29) is 41.9 Å². The van der Waals surface area contributed by atoms with Gasteiger partial charge in [0.1, 0.15) is 5.82 Å². The first kappa shape index (κ1) is 21.7. The molecule has 0 bridgehead atoms. The highest BCUT2D eigenvalue weighted by atomic mass is 19.1. The molecule has 2 aromatic carbocycles. The molecule has 7 nitrogen and oxygen atoms in total. The highest BCUT2D eigenvalue weighted by Crippen LogP contribution is 2.28. The fourth-order valence-electron chi connectivity index (χ4n) is 3.70. The molecule has 30 heavy (non-hydrogen) atoms. The molecule has 1 heterocycles. The zero-order valence-electron chi connectivity index (χ0n) is 17.4. The van der Waals surface area contributed by atoms with Gasteiger partial charge in [0.2, 0.25) is 0 Å². The van der Waals surface area contributed by atoms with Crippen molar-refractivity contribution in [1.29, 1.82) is 0 Å². The number of halogens is 1. The Hall–Kier alpha value is -3.00. The largest absolute Gasteiger partial charge is 0.477 e. The summed E-state index contributed by atoms with van der Waals surface area (Å²) in [5, 5.41) is 11.2. The zero-order chi connectivity index (χ0) is 21.8. The van der Waals surface area contributed by atoms with Crippen LogP contribution in [0.5, 0.6) is 5.75 Å². The van der Waals surface area contributed by atoms with Gasteiger partial charge < -0.3 is 9.64 Å². The second-order valence-electron chi connectivity index (χ2n) is 7.82. The molecule has 0 unspecified atom stereocenters. The van der Waals surface area contributed by atoms with Gasteiger partial charge in [-0.1, -0.05) is 18.2 Å². The number of nitro benzene ring substituents is 1. The standard InChI is InChI=1S/C22H26FN3O4/c1-15-4-9-21(20(10-15)26(28)29)30-14-22(27)25-12-16(2)24(11-17(25)3)13-18-5-7-19(23)8-6-18/h4-10,16-17H,11-14H2,1-3H3/t16-,17+/m0/s1. The van der Waals surface area contributed by atoms with Crippen molar-refractivity contribution in [3.8, 4) is 5.75 Å². The van der Waals surface area contributed by atoms with Crippen molar-refractivity contribution >= 4 is 11.6 Å². The van der Waals surface area contributed by atoms with Crippen LogP contribution in [-0.4, -0.2) is 52.4 Å². The Kier molecular flexibility index (Phi) is 6.66. The molecule has 160 valence electrons. The summed E-state index contributed by atoms with van der Waals surface area (Å²) >= 11 is 0. The molecule has 2 aromatic rings. The van der Waals surface area contributed by atoms with E-state index in [1.807, 2.05) is 13.8 Å². The maximum Gasteiger partial charge on any atom is 0.311 e. The Bertz CT molecular complexity index is 919. The van der Waals surface area contributed by atoms with Crippen molar-refractivity contribution in [1.82, 2.24) is 9.80 Å². The molecule has 1 saturated heterocycles. The monoisotopic (exact) mass is 415 g/mol. The number of piperazine rings is 1. The third kappa shape index (κ3) is 5.13. The molecule has 0 aromatic heterocycles. The Morgan fingerprint density at radius 1 is 1.17 bits per heavy atom. The minimum absolute atomic E-state index is 0.0363. The zero-order valence-corrected chi connectivity index (χ0v) is 17.4. The van der Waals surface area contributed by atoms with E-state index in [2.05, 4.69) is 4.90 Å². The average Bonchev–Trinajstić information content (AvgIpc) is 2.70. The molecular formula is C22H26FN3O4. The minimum atomic E-state index is -0.508. The van der Waals surface area contributed by atoms with E-state index in [4.69, 9.17) is 4.74 Å². The third-order valence-electron chi connectivity index (χ3n) is 5.40. The fraction of sp³-hybridized carbons (Fsp3) is 0.409. The number of carbonyl (C=O) groups is 1. The number of benzene rings is 2. The number of hydrogen-bond donors (Lipinski definition) is 0. The van der Waals surface area contributed by atoms with Gasteiger partial charge in [-0.05, 0) is 50.1 Å². The molecule has 1 aliphatic heterocycles. The summed E-state index contributed by atoms with van der Waals surface area (Å²) in [5.74, 6) is -0.371. The van der Waals surface area contributed by atoms with E-state index in [1.165, 1.54) is 24.3 Å². The molecule has 0 aliphatic carbocycles. The van der Waals surface area contributed by atoms with E-state index in [0.717, 1.165) is 11.1 Å². The summed E-state index contributed by atoms with van der Waals surface area (Å²) in [4.78, 5) is 27.5. The number of ether oxygens (including phenoxy) is 1. The quantitative estimate of drug-likeness (QED) is 0.533. The Labute approximate surface area is 175 Å². The summed E-state index contributed by atoms with van der Waals surface area (Å²) in [6, 6.07) is 11.2. The lowest BCUT2D eigenvalue weighted by atomic mass is 10.1. The van der Waals surface area contributed by atoms with Gasteiger partial charge in [0.15, 0.2) is 12.4 Å². The lowest BCUT2D eigenvalue weighted by Gasteiger charge is -2.44. The predicted octanol–water partition coefficient (Wildman–Crippen LogP) is 3.54. The van der Waals surface area contributed by atoms with Crippen LogP contribution in [0.15, 0.2) is 42.5 Å². The van der Waals surface area contributed by atoms with Crippen molar-refractivity contribution in [2.24, 2.45) is 0 Å². The first-order valence-corrected chi connectivity index (χ1v) is 9.90. The summed E-state index contributed by atoms with van der Waals surface area (Å²) in [6.45, 7) is 7.40. The van der Waals surface area contributed by atoms with Crippen LogP contribution < -0.4 is 4.74 Å². The molecule has 0 N–H and O–H groups in total. The molecule has 0 spiro atoms. The van der Waals surface area contributed by atoms with Crippen molar-refractivity contribution in [2.45, 2.75) is 39.4 Å². The van der Waals surface area contributed by atoms with Crippen molar-refractivity contribution in [3.05, 3.63) is 69.5 Å². The maximum atomic E-state index is 13.1. The van der Waals surface area contributed by atoms with Gasteiger partial charge in [0.25, 0.3) is 5.91 Å². The number of hydrogen-bond acceptors (Lipinski definition) is 5. The Morgan fingerprint density at radius 2 is 1.87 bits per heavy atom.